The molecular weight excluding hydrogens is 607 g/mol. The van der Waals surface area contributed by atoms with Gasteiger partial charge >= 0.3 is 12.3 Å². The van der Waals surface area contributed by atoms with Crippen molar-refractivity contribution in [3.8, 4) is 11.4 Å². The second-order valence-corrected chi connectivity index (χ2v) is 12.0. The smallest absolute Gasteiger partial charge is 0.417 e. The van der Waals surface area contributed by atoms with Crippen molar-refractivity contribution in [2.45, 2.75) is 38.8 Å². The number of fused-ring (bicyclic) bond motifs is 2. The Morgan fingerprint density at radius 2 is 1.93 bits per heavy atom. The molecule has 1 aliphatic heterocycles. The van der Waals surface area contributed by atoms with E-state index in [4.69, 9.17) is 4.74 Å². The standard InChI is InChI=1S/C31H34F3N7O5/c1-3-4-26(43)36-16-24(42)30-12-19(20(13-30)14-30)9-18-10-23-28(40-5-7-46-8-6-40)38-27(39-41(23)17-18)21-15-35-25(37-29(44)45-2)11-22(21)31(32,33)34/h3-4,10-11,15,17,19-20H,5-9,12-14,16H2,1-2H3,(H,36,43)(H,35,37,44)/b4-3+. The largest absolute Gasteiger partial charge is 0.453 e. The van der Waals surface area contributed by atoms with Gasteiger partial charge in [0, 0.05) is 30.9 Å². The van der Waals surface area contributed by atoms with E-state index in [2.05, 4.69) is 30.4 Å². The van der Waals surface area contributed by atoms with Crippen molar-refractivity contribution in [2.75, 3.05) is 50.2 Å². The van der Waals surface area contributed by atoms with E-state index in [-0.39, 0.29) is 41.4 Å². The predicted molar refractivity (Wildman–Crippen MR) is 160 cm³/mol. The van der Waals surface area contributed by atoms with Crippen molar-refractivity contribution < 1.29 is 37.0 Å². The average Bonchev–Trinajstić information content (AvgIpc) is 3.70. The maximum absolute atomic E-state index is 14.3. The number of hydrogen-bond acceptors (Lipinski definition) is 9. The lowest BCUT2D eigenvalue weighted by atomic mass is 9.66. The lowest BCUT2D eigenvalue weighted by Gasteiger charge is -2.37. The number of alkyl halides is 3. The number of rotatable bonds is 9. The minimum Gasteiger partial charge on any atom is -0.453 e. The Bertz CT molecular complexity index is 1690. The molecule has 3 aromatic heterocycles. The fourth-order valence-electron chi connectivity index (χ4n) is 6.92. The number of morpholine rings is 1. The highest BCUT2D eigenvalue weighted by molar-refractivity contribution is 5.94. The summed E-state index contributed by atoms with van der Waals surface area (Å²) in [6.45, 7) is 3.63. The fourth-order valence-corrected chi connectivity index (χ4v) is 6.92. The molecule has 1 saturated heterocycles. The van der Waals surface area contributed by atoms with Crippen molar-refractivity contribution >= 4 is 34.9 Å². The second-order valence-electron chi connectivity index (χ2n) is 12.0. The number of carbonyl (C=O) groups is 3. The van der Waals surface area contributed by atoms with Crippen LogP contribution in [0.5, 0.6) is 0 Å². The van der Waals surface area contributed by atoms with E-state index in [1.165, 1.54) is 6.08 Å². The molecule has 244 valence electrons. The van der Waals surface area contributed by atoms with Crippen molar-refractivity contribution in [2.24, 2.45) is 17.3 Å². The summed E-state index contributed by atoms with van der Waals surface area (Å²) in [6, 6.07) is 2.69. The molecule has 4 fully saturated rings. The molecule has 3 aromatic rings. The van der Waals surface area contributed by atoms with Crippen LogP contribution in [-0.4, -0.2) is 77.3 Å². The lowest BCUT2D eigenvalue weighted by molar-refractivity contribution is -0.137. The highest BCUT2D eigenvalue weighted by Crippen LogP contribution is 2.62. The first-order valence-electron chi connectivity index (χ1n) is 15.1. The van der Waals surface area contributed by atoms with Gasteiger partial charge in [-0.2, -0.15) is 13.2 Å². The summed E-state index contributed by atoms with van der Waals surface area (Å²) in [4.78, 5) is 47.0. The Labute approximate surface area is 262 Å². The van der Waals surface area contributed by atoms with E-state index in [0.717, 1.165) is 44.2 Å². The minimum absolute atomic E-state index is 0.00844. The number of methoxy groups -OCH3 is 1. The molecule has 12 nitrogen and oxygen atoms in total. The van der Waals surface area contributed by atoms with Gasteiger partial charge < -0.3 is 19.7 Å². The monoisotopic (exact) mass is 641 g/mol. The van der Waals surface area contributed by atoms with E-state index < -0.39 is 23.2 Å². The number of hydrogen-bond donors (Lipinski definition) is 2. The summed E-state index contributed by atoms with van der Waals surface area (Å²) in [5, 5.41) is 9.33. The molecule has 15 heteroatoms. The summed E-state index contributed by atoms with van der Waals surface area (Å²) in [5.74, 6) is 0.377. The molecule has 1 unspecified atom stereocenters. The Morgan fingerprint density at radius 1 is 1.17 bits per heavy atom. The van der Waals surface area contributed by atoms with Gasteiger partial charge in [0.1, 0.15) is 11.3 Å². The molecule has 3 saturated carbocycles. The molecule has 0 spiro atoms. The van der Waals surface area contributed by atoms with Crippen LogP contribution in [-0.2, 0) is 31.7 Å². The number of nitrogens with one attached hydrogen (secondary N) is 2. The molecule has 0 radical (unpaired) electrons. The summed E-state index contributed by atoms with van der Waals surface area (Å²) in [7, 11) is 1.09. The van der Waals surface area contributed by atoms with E-state index in [0.29, 0.717) is 50.0 Å². The van der Waals surface area contributed by atoms with Crippen LogP contribution >= 0.6 is 0 Å². The molecule has 4 aliphatic rings. The van der Waals surface area contributed by atoms with E-state index >= 15 is 0 Å². The van der Waals surface area contributed by atoms with Crippen LogP contribution in [0.1, 0.15) is 37.3 Å². The van der Waals surface area contributed by atoms with Gasteiger partial charge in [-0.05, 0) is 68.2 Å². The first-order valence-corrected chi connectivity index (χ1v) is 15.1. The van der Waals surface area contributed by atoms with E-state index in [9.17, 15) is 27.6 Å². The number of amides is 2. The van der Waals surface area contributed by atoms with Crippen LogP contribution in [0.15, 0.2) is 36.7 Å². The highest BCUT2D eigenvalue weighted by atomic mass is 19.4. The van der Waals surface area contributed by atoms with Gasteiger partial charge in [0.15, 0.2) is 17.4 Å². The molecule has 7 rings (SSSR count). The van der Waals surface area contributed by atoms with E-state index in [1.807, 2.05) is 11.0 Å². The molecule has 2 amide bonds. The zero-order chi connectivity index (χ0) is 32.6. The number of aromatic nitrogens is 4. The number of halogens is 3. The average molecular weight is 642 g/mol. The third-order valence-electron chi connectivity index (χ3n) is 9.13. The van der Waals surface area contributed by atoms with Gasteiger partial charge in [-0.15, -0.1) is 5.10 Å². The lowest BCUT2D eigenvalue weighted by Crippen LogP contribution is -2.42. The molecule has 4 heterocycles. The number of ketones is 1. The molecule has 3 aliphatic carbocycles. The Morgan fingerprint density at radius 3 is 2.63 bits per heavy atom. The van der Waals surface area contributed by atoms with Gasteiger partial charge in [0.2, 0.25) is 5.91 Å². The topological polar surface area (TPSA) is 140 Å². The van der Waals surface area contributed by atoms with Crippen LogP contribution in [0.2, 0.25) is 0 Å². The molecule has 2 bridgehead atoms. The van der Waals surface area contributed by atoms with Crippen molar-refractivity contribution in [3.63, 3.8) is 0 Å². The number of anilines is 2. The molecule has 2 N–H and O–H groups in total. The zero-order valence-electron chi connectivity index (χ0n) is 25.4. The van der Waals surface area contributed by atoms with Crippen molar-refractivity contribution in [1.82, 2.24) is 24.9 Å². The summed E-state index contributed by atoms with van der Waals surface area (Å²) >= 11 is 0. The van der Waals surface area contributed by atoms with Crippen LogP contribution < -0.4 is 15.5 Å². The number of pyridine rings is 1. The highest BCUT2D eigenvalue weighted by Gasteiger charge is 2.59. The van der Waals surface area contributed by atoms with Gasteiger partial charge in [-0.1, -0.05) is 6.08 Å². The number of ether oxygens (including phenoxy) is 2. The summed E-state index contributed by atoms with van der Waals surface area (Å²) < 4.78 is 54.4. The predicted octanol–water partition coefficient (Wildman–Crippen LogP) is 4.05. The maximum atomic E-state index is 14.3. The van der Waals surface area contributed by atoms with Gasteiger partial charge in [0.25, 0.3) is 0 Å². The van der Waals surface area contributed by atoms with Gasteiger partial charge in [-0.25, -0.2) is 19.3 Å². The molecule has 1 atom stereocenters. The fraction of sp³-hybridized carbons (Fsp3) is 0.484. The number of Topliss-reactive ketones (excluding diaryl/α,β-unsaturated/α-hetero) is 1. The Balaban J connectivity index is 1.30. The third kappa shape index (κ3) is 6.15. The maximum Gasteiger partial charge on any atom is 0.417 e. The third-order valence-corrected chi connectivity index (χ3v) is 9.13. The Hall–Kier alpha value is -4.53. The summed E-state index contributed by atoms with van der Waals surface area (Å²) in [6.07, 6.45) is 3.04. The van der Waals surface area contributed by atoms with Crippen LogP contribution in [0, 0.1) is 17.3 Å². The first-order chi connectivity index (χ1) is 22.0. The number of allylic oxidation sites excluding steroid dienone is 1. The second kappa shape index (κ2) is 12.3. The minimum atomic E-state index is -4.80. The van der Waals surface area contributed by atoms with Gasteiger partial charge in [0.05, 0.1) is 38.0 Å². The number of nitrogens with zero attached hydrogens (tertiary/aromatic N) is 5. The van der Waals surface area contributed by atoms with Crippen LogP contribution in [0.4, 0.5) is 29.6 Å². The molecular formula is C31H34F3N7O5. The van der Waals surface area contributed by atoms with E-state index in [1.54, 1.807) is 23.7 Å². The van der Waals surface area contributed by atoms with Gasteiger partial charge in [-0.3, -0.25) is 14.9 Å². The summed E-state index contributed by atoms with van der Waals surface area (Å²) in [5.41, 5.74) is -0.230. The van der Waals surface area contributed by atoms with Crippen molar-refractivity contribution in [1.29, 1.82) is 0 Å². The normalized spacial score (nSPS) is 22.6. The first kappa shape index (κ1) is 31.5. The van der Waals surface area contributed by atoms with Crippen LogP contribution in [0.3, 0.4) is 0 Å². The SMILES string of the molecule is C/C=C/C(=O)NCC(=O)C12CC(Cc3cc4c(N5CCOCC5)nc(-c5cnc(NC(=O)OC)cc5C(F)(F)F)nn4c3)C(C1)C2. The quantitative estimate of drug-likeness (QED) is 0.331. The molecule has 0 aromatic carbocycles. The zero-order valence-corrected chi connectivity index (χ0v) is 25.4. The molecule has 46 heavy (non-hydrogen) atoms. The van der Waals surface area contributed by atoms with Crippen molar-refractivity contribution in [3.05, 3.63) is 47.8 Å². The van der Waals surface area contributed by atoms with Crippen LogP contribution in [0.25, 0.3) is 16.9 Å². The number of carbonyl (C=O) groups excluding carboxylic acids is 3. The Kier molecular flexibility index (Phi) is 8.44.